The fraction of sp³-hybridized carbons (Fsp3) is 0.500. The van der Waals surface area contributed by atoms with Gasteiger partial charge in [0.05, 0.1) is 12.0 Å². The first-order chi connectivity index (χ1) is 8.63. The average Bonchev–Trinajstić information content (AvgIpc) is 2.40. The molecule has 1 fully saturated rings. The third kappa shape index (κ3) is 2.76. The summed E-state index contributed by atoms with van der Waals surface area (Å²) in [4.78, 5) is 0. The summed E-state index contributed by atoms with van der Waals surface area (Å²) < 4.78 is 10.7. The SMILES string of the molecule is OC[C@H]1O[C@@H](Oc2ccccc2)[C@H](O)[C@H](Cl)[C@@H]1O. The minimum Gasteiger partial charge on any atom is -0.462 e. The maximum absolute atomic E-state index is 9.86. The molecule has 18 heavy (non-hydrogen) atoms. The molecule has 1 aliphatic heterocycles. The van der Waals surface area contributed by atoms with Crippen molar-refractivity contribution in [2.45, 2.75) is 30.0 Å². The highest BCUT2D eigenvalue weighted by Gasteiger charge is 2.44. The summed E-state index contributed by atoms with van der Waals surface area (Å²) in [7, 11) is 0. The van der Waals surface area contributed by atoms with Crippen LogP contribution in [0.15, 0.2) is 30.3 Å². The van der Waals surface area contributed by atoms with Crippen LogP contribution in [0.25, 0.3) is 0 Å². The molecule has 0 aromatic heterocycles. The molecule has 0 radical (unpaired) electrons. The summed E-state index contributed by atoms with van der Waals surface area (Å²) in [5.74, 6) is 0.512. The lowest BCUT2D eigenvalue weighted by atomic mass is 10.0. The van der Waals surface area contributed by atoms with Gasteiger partial charge in [0.25, 0.3) is 0 Å². The first-order valence-electron chi connectivity index (χ1n) is 5.61. The number of aliphatic hydroxyl groups is 3. The number of ether oxygens (including phenoxy) is 2. The Morgan fingerprint density at radius 3 is 2.44 bits per heavy atom. The predicted octanol–water partition coefficient (Wildman–Crippen LogP) is 0.112. The van der Waals surface area contributed by atoms with Crippen molar-refractivity contribution < 1.29 is 24.8 Å². The van der Waals surface area contributed by atoms with Gasteiger partial charge in [0, 0.05) is 0 Å². The summed E-state index contributed by atoms with van der Waals surface area (Å²) in [6, 6.07) is 8.80. The third-order valence-electron chi connectivity index (χ3n) is 2.80. The van der Waals surface area contributed by atoms with Crippen LogP contribution >= 0.6 is 11.6 Å². The Labute approximate surface area is 110 Å². The van der Waals surface area contributed by atoms with E-state index in [-0.39, 0.29) is 0 Å². The van der Waals surface area contributed by atoms with Gasteiger partial charge in [-0.3, -0.25) is 0 Å². The van der Waals surface area contributed by atoms with E-state index >= 15 is 0 Å². The molecule has 3 N–H and O–H groups in total. The maximum atomic E-state index is 9.86. The van der Waals surface area contributed by atoms with E-state index in [0.717, 1.165) is 0 Å². The lowest BCUT2D eigenvalue weighted by molar-refractivity contribution is -0.238. The third-order valence-corrected chi connectivity index (χ3v) is 3.31. The molecule has 1 aliphatic rings. The van der Waals surface area contributed by atoms with Gasteiger partial charge in [-0.05, 0) is 12.1 Å². The van der Waals surface area contributed by atoms with E-state index in [0.29, 0.717) is 5.75 Å². The molecule has 0 bridgehead atoms. The minimum atomic E-state index is -1.18. The van der Waals surface area contributed by atoms with Crippen LogP contribution in [0.3, 0.4) is 0 Å². The average molecular weight is 275 g/mol. The molecule has 5 nitrogen and oxygen atoms in total. The molecule has 2 rings (SSSR count). The summed E-state index contributed by atoms with van der Waals surface area (Å²) in [6.07, 6.45) is -4.20. The number of hydrogen-bond acceptors (Lipinski definition) is 5. The zero-order valence-corrected chi connectivity index (χ0v) is 10.3. The highest BCUT2D eigenvalue weighted by Crippen LogP contribution is 2.27. The molecular formula is C12H15ClO5. The van der Waals surface area contributed by atoms with Crippen molar-refractivity contribution in [2.75, 3.05) is 6.61 Å². The van der Waals surface area contributed by atoms with Gasteiger partial charge in [0.2, 0.25) is 6.29 Å². The first kappa shape index (κ1) is 13.6. The van der Waals surface area contributed by atoms with Crippen LogP contribution in [-0.4, -0.2) is 51.9 Å². The Bertz CT molecular complexity index is 372. The van der Waals surface area contributed by atoms with E-state index in [1.165, 1.54) is 0 Å². The number of para-hydroxylation sites is 1. The number of alkyl halides is 1. The Morgan fingerprint density at radius 2 is 1.83 bits per heavy atom. The molecule has 0 spiro atoms. The van der Waals surface area contributed by atoms with E-state index in [4.69, 9.17) is 26.2 Å². The molecule has 1 saturated heterocycles. The molecule has 0 amide bonds. The van der Waals surface area contributed by atoms with Crippen LogP contribution in [-0.2, 0) is 4.74 Å². The van der Waals surface area contributed by atoms with Crippen molar-refractivity contribution >= 4 is 11.6 Å². The van der Waals surface area contributed by atoms with Crippen LogP contribution in [0.1, 0.15) is 0 Å². The lowest BCUT2D eigenvalue weighted by Gasteiger charge is -2.39. The smallest absolute Gasteiger partial charge is 0.228 e. The zero-order chi connectivity index (χ0) is 13.1. The van der Waals surface area contributed by atoms with Crippen molar-refractivity contribution in [3.8, 4) is 5.75 Å². The van der Waals surface area contributed by atoms with Gasteiger partial charge in [-0.1, -0.05) is 18.2 Å². The molecule has 1 aromatic carbocycles. The van der Waals surface area contributed by atoms with E-state index in [2.05, 4.69) is 0 Å². The summed E-state index contributed by atoms with van der Waals surface area (Å²) in [5, 5.41) is 27.6. The molecule has 1 heterocycles. The van der Waals surface area contributed by atoms with Gasteiger partial charge < -0.3 is 24.8 Å². The summed E-state index contributed by atoms with van der Waals surface area (Å²) in [6.45, 7) is -0.397. The second-order valence-electron chi connectivity index (χ2n) is 4.08. The molecule has 1 aromatic rings. The maximum Gasteiger partial charge on any atom is 0.228 e. The number of benzene rings is 1. The quantitative estimate of drug-likeness (QED) is 0.682. The summed E-state index contributed by atoms with van der Waals surface area (Å²) >= 11 is 5.88. The Balaban J connectivity index is 2.08. The fourth-order valence-electron chi connectivity index (χ4n) is 1.77. The van der Waals surface area contributed by atoms with Gasteiger partial charge in [-0.25, -0.2) is 0 Å². The van der Waals surface area contributed by atoms with E-state index < -0.39 is 36.6 Å². The largest absolute Gasteiger partial charge is 0.462 e. The number of aliphatic hydroxyl groups excluding tert-OH is 3. The van der Waals surface area contributed by atoms with Crippen molar-refractivity contribution in [3.63, 3.8) is 0 Å². The molecule has 5 atom stereocenters. The second kappa shape index (κ2) is 5.86. The van der Waals surface area contributed by atoms with E-state index in [1.807, 2.05) is 6.07 Å². The topological polar surface area (TPSA) is 79.2 Å². The second-order valence-corrected chi connectivity index (χ2v) is 4.59. The van der Waals surface area contributed by atoms with Crippen molar-refractivity contribution in [1.82, 2.24) is 0 Å². The van der Waals surface area contributed by atoms with Gasteiger partial charge in [-0.2, -0.15) is 0 Å². The predicted molar refractivity (Wildman–Crippen MR) is 64.5 cm³/mol. The van der Waals surface area contributed by atoms with Crippen LogP contribution in [0.2, 0.25) is 0 Å². The molecule has 0 unspecified atom stereocenters. The van der Waals surface area contributed by atoms with Crippen molar-refractivity contribution in [3.05, 3.63) is 30.3 Å². The monoisotopic (exact) mass is 274 g/mol. The Kier molecular flexibility index (Phi) is 4.42. The van der Waals surface area contributed by atoms with Crippen LogP contribution in [0, 0.1) is 0 Å². The number of halogens is 1. The van der Waals surface area contributed by atoms with Gasteiger partial charge >= 0.3 is 0 Å². The van der Waals surface area contributed by atoms with E-state index in [9.17, 15) is 10.2 Å². The van der Waals surface area contributed by atoms with Crippen LogP contribution in [0.4, 0.5) is 0 Å². The molecular weight excluding hydrogens is 260 g/mol. The summed E-state index contributed by atoms with van der Waals surface area (Å²) in [5.41, 5.74) is 0. The number of rotatable bonds is 3. The van der Waals surface area contributed by atoms with Crippen LogP contribution in [0.5, 0.6) is 5.75 Å². The molecule has 100 valence electrons. The van der Waals surface area contributed by atoms with E-state index in [1.54, 1.807) is 24.3 Å². The fourth-order valence-corrected chi connectivity index (χ4v) is 2.05. The minimum absolute atomic E-state index is 0.397. The van der Waals surface area contributed by atoms with Crippen LogP contribution < -0.4 is 4.74 Å². The molecule has 6 heteroatoms. The van der Waals surface area contributed by atoms with Gasteiger partial charge in [0.1, 0.15) is 24.1 Å². The van der Waals surface area contributed by atoms with Gasteiger partial charge in [-0.15, -0.1) is 11.6 Å². The molecule has 0 saturated carbocycles. The highest BCUT2D eigenvalue weighted by atomic mass is 35.5. The number of hydrogen-bond donors (Lipinski definition) is 3. The lowest BCUT2D eigenvalue weighted by Crippen LogP contribution is -2.58. The Morgan fingerprint density at radius 1 is 1.17 bits per heavy atom. The van der Waals surface area contributed by atoms with Crippen molar-refractivity contribution in [1.29, 1.82) is 0 Å². The van der Waals surface area contributed by atoms with Crippen molar-refractivity contribution in [2.24, 2.45) is 0 Å². The highest BCUT2D eigenvalue weighted by molar-refractivity contribution is 6.21. The molecule has 0 aliphatic carbocycles. The van der Waals surface area contributed by atoms with Gasteiger partial charge in [0.15, 0.2) is 0 Å². The standard InChI is InChI=1S/C12H15ClO5/c13-9-10(15)8(6-14)18-12(11(9)16)17-7-4-2-1-3-5-7/h1-5,8-12,14-16H,6H2/t8-,9-,10-,11-,12-/m1/s1. The normalized spacial score (nSPS) is 36.3. The zero-order valence-electron chi connectivity index (χ0n) is 9.52. The first-order valence-corrected chi connectivity index (χ1v) is 6.05. The Hall–Kier alpha value is -0.850.